The van der Waals surface area contributed by atoms with Crippen molar-refractivity contribution in [2.75, 3.05) is 13.6 Å². The molecule has 2 N–H and O–H groups in total. The van der Waals surface area contributed by atoms with Gasteiger partial charge in [0.25, 0.3) is 5.91 Å². The zero-order valence-corrected chi connectivity index (χ0v) is 16.8. The molecule has 2 aromatic rings. The van der Waals surface area contributed by atoms with E-state index < -0.39 is 0 Å². The van der Waals surface area contributed by atoms with Crippen molar-refractivity contribution in [3.63, 3.8) is 0 Å². The Hall–Kier alpha value is -2.74. The third-order valence-electron chi connectivity index (χ3n) is 6.12. The van der Waals surface area contributed by atoms with Crippen LogP contribution in [-0.2, 0) is 4.79 Å². The lowest BCUT2D eigenvalue weighted by atomic mass is 9.93. The van der Waals surface area contributed by atoms with Gasteiger partial charge in [0.1, 0.15) is 0 Å². The summed E-state index contributed by atoms with van der Waals surface area (Å²) in [5, 5.41) is 14.1. The second kappa shape index (κ2) is 8.73. The molecule has 2 amide bonds. The van der Waals surface area contributed by atoms with E-state index in [1.165, 1.54) is 6.42 Å². The molecule has 1 saturated heterocycles. The normalized spacial score (nSPS) is 22.2. The van der Waals surface area contributed by atoms with Crippen LogP contribution in [0.1, 0.15) is 49.0 Å². The van der Waals surface area contributed by atoms with Gasteiger partial charge in [0.2, 0.25) is 5.91 Å². The Morgan fingerprint density at radius 1 is 1.10 bits per heavy atom. The van der Waals surface area contributed by atoms with Crippen LogP contribution in [-0.4, -0.2) is 63.4 Å². The van der Waals surface area contributed by atoms with Gasteiger partial charge < -0.3 is 10.6 Å². The average Bonchev–Trinajstić information content (AvgIpc) is 3.32. The summed E-state index contributed by atoms with van der Waals surface area (Å²) < 4.78 is 1.59. The maximum atomic E-state index is 12.5. The topological polar surface area (TPSA) is 92.2 Å². The minimum atomic E-state index is -0.230. The molecule has 0 spiro atoms. The van der Waals surface area contributed by atoms with E-state index in [1.54, 1.807) is 10.9 Å². The molecule has 2 atom stereocenters. The summed E-state index contributed by atoms with van der Waals surface area (Å²) in [6.45, 7) is 0.536. The van der Waals surface area contributed by atoms with Gasteiger partial charge in [-0.15, -0.1) is 5.10 Å². The summed E-state index contributed by atoms with van der Waals surface area (Å²) in [7, 11) is 2.04. The maximum Gasteiger partial charge on any atom is 0.273 e. The van der Waals surface area contributed by atoms with Crippen LogP contribution in [0.15, 0.2) is 36.5 Å². The standard InChI is InChI=1S/C21H28N6O2/c1-26-17(12-20(28)23-15-6-5-7-15)10-11-18(26)13-22-21(29)19-14-27(25-24-19)16-8-3-2-4-9-16/h2-4,8-9,14-15,17-18H,5-7,10-13H2,1H3,(H,22,29)(H,23,28)/t17-,18+/m1/s1. The first-order valence-electron chi connectivity index (χ1n) is 10.4. The van der Waals surface area contributed by atoms with E-state index in [4.69, 9.17) is 0 Å². The van der Waals surface area contributed by atoms with Crippen molar-refractivity contribution >= 4 is 11.8 Å². The number of benzene rings is 1. The van der Waals surface area contributed by atoms with Crippen molar-refractivity contribution < 1.29 is 9.59 Å². The van der Waals surface area contributed by atoms with Gasteiger partial charge in [-0.1, -0.05) is 23.4 Å². The van der Waals surface area contributed by atoms with Crippen LogP contribution in [0.25, 0.3) is 5.69 Å². The molecule has 1 aromatic carbocycles. The van der Waals surface area contributed by atoms with Crippen molar-refractivity contribution in [1.82, 2.24) is 30.5 Å². The first-order chi connectivity index (χ1) is 14.1. The zero-order valence-electron chi connectivity index (χ0n) is 16.8. The molecular weight excluding hydrogens is 368 g/mol. The number of likely N-dealkylation sites (N-methyl/N-ethyl adjacent to an activating group) is 1. The Bertz CT molecular complexity index is 848. The van der Waals surface area contributed by atoms with Gasteiger partial charge >= 0.3 is 0 Å². The smallest absolute Gasteiger partial charge is 0.273 e. The van der Waals surface area contributed by atoms with Gasteiger partial charge in [0, 0.05) is 31.1 Å². The van der Waals surface area contributed by atoms with Crippen LogP contribution in [0.4, 0.5) is 0 Å². The summed E-state index contributed by atoms with van der Waals surface area (Å²) in [4.78, 5) is 26.9. The number of aromatic nitrogens is 3. The number of rotatable bonds is 7. The summed E-state index contributed by atoms with van der Waals surface area (Å²) >= 11 is 0. The van der Waals surface area contributed by atoms with Crippen molar-refractivity contribution in [3.8, 4) is 5.69 Å². The molecule has 8 nitrogen and oxygen atoms in total. The number of nitrogens with one attached hydrogen (secondary N) is 2. The number of nitrogens with zero attached hydrogens (tertiary/aromatic N) is 4. The maximum absolute atomic E-state index is 12.5. The molecule has 2 aliphatic rings. The monoisotopic (exact) mass is 396 g/mol. The highest BCUT2D eigenvalue weighted by Gasteiger charge is 2.32. The third-order valence-corrected chi connectivity index (χ3v) is 6.12. The van der Waals surface area contributed by atoms with E-state index in [0.717, 1.165) is 31.4 Å². The van der Waals surface area contributed by atoms with Crippen LogP contribution < -0.4 is 10.6 Å². The molecule has 8 heteroatoms. The first-order valence-corrected chi connectivity index (χ1v) is 10.4. The van der Waals surface area contributed by atoms with Crippen LogP contribution in [0.5, 0.6) is 0 Å². The Kier molecular flexibility index (Phi) is 5.89. The van der Waals surface area contributed by atoms with Crippen LogP contribution in [0.3, 0.4) is 0 Å². The molecule has 1 aromatic heterocycles. The lowest BCUT2D eigenvalue weighted by molar-refractivity contribution is -0.123. The fraction of sp³-hybridized carbons (Fsp3) is 0.524. The highest BCUT2D eigenvalue weighted by Crippen LogP contribution is 2.25. The average molecular weight is 396 g/mol. The van der Waals surface area contributed by atoms with E-state index in [9.17, 15) is 9.59 Å². The molecule has 0 unspecified atom stereocenters. The second-order valence-corrected chi connectivity index (χ2v) is 8.04. The highest BCUT2D eigenvalue weighted by atomic mass is 16.2. The zero-order chi connectivity index (χ0) is 20.2. The number of amides is 2. The number of hydrogen-bond donors (Lipinski definition) is 2. The second-order valence-electron chi connectivity index (χ2n) is 8.04. The molecule has 0 bridgehead atoms. The Morgan fingerprint density at radius 3 is 2.59 bits per heavy atom. The molecule has 1 saturated carbocycles. The van der Waals surface area contributed by atoms with Gasteiger partial charge in [-0.25, -0.2) is 4.68 Å². The fourth-order valence-electron chi connectivity index (χ4n) is 4.01. The molecule has 2 fully saturated rings. The molecule has 29 heavy (non-hydrogen) atoms. The van der Waals surface area contributed by atoms with Crippen molar-refractivity contribution in [2.24, 2.45) is 0 Å². The van der Waals surface area contributed by atoms with Crippen molar-refractivity contribution in [1.29, 1.82) is 0 Å². The van der Waals surface area contributed by atoms with Gasteiger partial charge in [-0.2, -0.15) is 0 Å². The molecule has 1 aliphatic heterocycles. The van der Waals surface area contributed by atoms with Gasteiger partial charge in [0.15, 0.2) is 5.69 Å². The lowest BCUT2D eigenvalue weighted by Gasteiger charge is -2.29. The summed E-state index contributed by atoms with van der Waals surface area (Å²) in [6.07, 6.45) is 7.54. The van der Waals surface area contributed by atoms with Crippen molar-refractivity contribution in [2.45, 2.75) is 56.7 Å². The fourth-order valence-corrected chi connectivity index (χ4v) is 4.01. The van der Waals surface area contributed by atoms with Gasteiger partial charge in [-0.3, -0.25) is 14.5 Å². The molecule has 4 rings (SSSR count). The molecule has 2 heterocycles. The van der Waals surface area contributed by atoms with E-state index in [1.807, 2.05) is 37.4 Å². The minimum absolute atomic E-state index is 0.147. The Morgan fingerprint density at radius 2 is 1.86 bits per heavy atom. The number of carbonyl (C=O) groups is 2. The number of para-hydroxylation sites is 1. The quantitative estimate of drug-likeness (QED) is 0.740. The third kappa shape index (κ3) is 4.64. The SMILES string of the molecule is CN1[C@@H](CC(=O)NC2CCC2)CC[C@H]1CNC(=O)c1cn(-c2ccccc2)nn1. The van der Waals surface area contributed by atoms with Crippen LogP contribution >= 0.6 is 0 Å². The van der Waals surface area contributed by atoms with E-state index in [0.29, 0.717) is 24.7 Å². The Labute approximate surface area is 170 Å². The summed E-state index contributed by atoms with van der Waals surface area (Å²) in [6, 6.07) is 10.4. The minimum Gasteiger partial charge on any atom is -0.353 e. The molecule has 0 radical (unpaired) electrons. The first kappa shape index (κ1) is 19.6. The van der Waals surface area contributed by atoms with Gasteiger partial charge in [-0.05, 0) is 51.3 Å². The number of likely N-dealkylation sites (tertiary alicyclic amines) is 1. The van der Waals surface area contributed by atoms with E-state index in [2.05, 4.69) is 25.8 Å². The van der Waals surface area contributed by atoms with E-state index >= 15 is 0 Å². The van der Waals surface area contributed by atoms with E-state index in [-0.39, 0.29) is 23.9 Å². The molecule has 154 valence electrons. The highest BCUT2D eigenvalue weighted by molar-refractivity contribution is 5.91. The van der Waals surface area contributed by atoms with Crippen LogP contribution in [0.2, 0.25) is 0 Å². The largest absolute Gasteiger partial charge is 0.353 e. The van der Waals surface area contributed by atoms with Crippen LogP contribution in [0, 0.1) is 0 Å². The summed E-state index contributed by atoms with van der Waals surface area (Å²) in [5.74, 6) is -0.0829. The molecule has 1 aliphatic carbocycles. The Balaban J connectivity index is 1.25. The predicted molar refractivity (Wildman–Crippen MR) is 109 cm³/mol. The van der Waals surface area contributed by atoms with Gasteiger partial charge in [0.05, 0.1) is 11.9 Å². The lowest BCUT2D eigenvalue weighted by Crippen LogP contribution is -2.44. The van der Waals surface area contributed by atoms with Crippen molar-refractivity contribution in [3.05, 3.63) is 42.2 Å². The number of carbonyl (C=O) groups excluding carboxylic acids is 2. The predicted octanol–water partition coefficient (Wildman–Crippen LogP) is 1.52. The molecular formula is C21H28N6O2. The number of hydrogen-bond acceptors (Lipinski definition) is 5. The summed E-state index contributed by atoms with van der Waals surface area (Å²) in [5.41, 5.74) is 1.16.